The van der Waals surface area contributed by atoms with Crippen LogP contribution < -0.4 is 5.32 Å². The van der Waals surface area contributed by atoms with Gasteiger partial charge in [-0.2, -0.15) is 0 Å². The maximum atomic E-state index is 11.4. The average Bonchev–Trinajstić information content (AvgIpc) is 2.85. The Kier molecular flexibility index (Phi) is 4.86. The molecule has 2 rings (SSSR count). The molecule has 0 aliphatic rings. The lowest BCUT2D eigenvalue weighted by molar-refractivity contribution is 0.0600. The van der Waals surface area contributed by atoms with Crippen molar-refractivity contribution in [3.8, 4) is 0 Å². The molecule has 0 saturated carbocycles. The number of carbonyl (C=O) groups excluding carboxylic acids is 1. The van der Waals surface area contributed by atoms with Crippen molar-refractivity contribution in [1.82, 2.24) is 20.1 Å². The van der Waals surface area contributed by atoms with E-state index in [0.717, 1.165) is 15.9 Å². The van der Waals surface area contributed by atoms with Gasteiger partial charge in [-0.15, -0.1) is 10.2 Å². The Morgan fingerprint density at radius 2 is 2.25 bits per heavy atom. The Morgan fingerprint density at radius 3 is 2.85 bits per heavy atom. The van der Waals surface area contributed by atoms with Crippen LogP contribution in [0, 0.1) is 0 Å². The van der Waals surface area contributed by atoms with E-state index in [1.165, 1.54) is 7.11 Å². The third kappa shape index (κ3) is 3.43. The van der Waals surface area contributed by atoms with Crippen molar-refractivity contribution in [1.29, 1.82) is 0 Å². The van der Waals surface area contributed by atoms with Crippen molar-refractivity contribution < 1.29 is 9.53 Å². The molecule has 20 heavy (non-hydrogen) atoms. The number of aryl methyl sites for hydroxylation is 1. The Labute approximate surface area is 125 Å². The number of methoxy groups -OCH3 is 1. The molecule has 0 fully saturated rings. The quantitative estimate of drug-likeness (QED) is 0.839. The zero-order chi connectivity index (χ0) is 14.5. The molecule has 0 amide bonds. The smallest absolute Gasteiger partial charge is 0.337 e. The first kappa shape index (κ1) is 14.7. The number of esters is 1. The van der Waals surface area contributed by atoms with Crippen LogP contribution in [0.5, 0.6) is 0 Å². The highest BCUT2D eigenvalue weighted by molar-refractivity contribution is 9.10. The third-order valence-corrected chi connectivity index (χ3v) is 3.62. The molecule has 0 aliphatic carbocycles. The van der Waals surface area contributed by atoms with Crippen LogP contribution in [0.1, 0.15) is 21.7 Å². The Balaban J connectivity index is 1.96. The van der Waals surface area contributed by atoms with Gasteiger partial charge in [-0.3, -0.25) is 0 Å². The van der Waals surface area contributed by atoms with Crippen LogP contribution in [-0.2, 0) is 24.9 Å². The number of nitrogens with zero attached hydrogens (tertiary/aromatic N) is 3. The fourth-order valence-electron chi connectivity index (χ4n) is 1.71. The fraction of sp³-hybridized carbons (Fsp3) is 0.308. The van der Waals surface area contributed by atoms with E-state index in [1.807, 2.05) is 17.7 Å². The molecule has 0 bridgehead atoms. The molecule has 0 atom stereocenters. The van der Waals surface area contributed by atoms with Crippen molar-refractivity contribution >= 4 is 21.9 Å². The number of hydrogen-bond donors (Lipinski definition) is 1. The highest BCUT2D eigenvalue weighted by atomic mass is 79.9. The molecular formula is C13H15BrN4O2. The van der Waals surface area contributed by atoms with Gasteiger partial charge in [-0.05, 0) is 17.7 Å². The normalized spacial score (nSPS) is 10.6. The summed E-state index contributed by atoms with van der Waals surface area (Å²) in [7, 11) is 3.27. The van der Waals surface area contributed by atoms with Crippen LogP contribution in [0.3, 0.4) is 0 Å². The van der Waals surface area contributed by atoms with E-state index in [2.05, 4.69) is 36.2 Å². The van der Waals surface area contributed by atoms with Gasteiger partial charge in [0.1, 0.15) is 12.2 Å². The third-order valence-electron chi connectivity index (χ3n) is 2.88. The number of nitrogens with one attached hydrogen (secondary N) is 1. The van der Waals surface area contributed by atoms with Crippen LogP contribution in [0.15, 0.2) is 29.0 Å². The maximum absolute atomic E-state index is 11.4. The van der Waals surface area contributed by atoms with Gasteiger partial charge >= 0.3 is 5.97 Å². The summed E-state index contributed by atoms with van der Waals surface area (Å²) >= 11 is 3.46. The molecule has 1 N–H and O–H groups in total. The van der Waals surface area contributed by atoms with Crippen molar-refractivity contribution in [2.45, 2.75) is 13.1 Å². The largest absolute Gasteiger partial charge is 0.465 e. The number of benzene rings is 1. The monoisotopic (exact) mass is 338 g/mol. The van der Waals surface area contributed by atoms with Crippen LogP contribution in [0.4, 0.5) is 0 Å². The number of carbonyl (C=O) groups is 1. The molecule has 7 heteroatoms. The van der Waals surface area contributed by atoms with E-state index in [1.54, 1.807) is 18.5 Å². The molecule has 0 spiro atoms. The number of hydrogen-bond acceptors (Lipinski definition) is 5. The summed E-state index contributed by atoms with van der Waals surface area (Å²) in [6.45, 7) is 1.29. The highest BCUT2D eigenvalue weighted by Crippen LogP contribution is 2.19. The minimum atomic E-state index is -0.343. The maximum Gasteiger partial charge on any atom is 0.337 e. The second-order valence-corrected chi connectivity index (χ2v) is 5.11. The molecular weight excluding hydrogens is 324 g/mol. The predicted molar refractivity (Wildman–Crippen MR) is 77.0 cm³/mol. The van der Waals surface area contributed by atoms with Crippen molar-refractivity contribution in [2.75, 3.05) is 7.11 Å². The number of ether oxygens (including phenoxy) is 1. The van der Waals surface area contributed by atoms with Crippen LogP contribution in [-0.4, -0.2) is 27.8 Å². The lowest BCUT2D eigenvalue weighted by atomic mass is 10.1. The average molecular weight is 339 g/mol. The predicted octanol–water partition coefficient (Wildman–Crippen LogP) is 1.65. The zero-order valence-electron chi connectivity index (χ0n) is 11.3. The van der Waals surface area contributed by atoms with E-state index in [0.29, 0.717) is 18.7 Å². The lowest BCUT2D eigenvalue weighted by Gasteiger charge is -2.08. The van der Waals surface area contributed by atoms with Crippen molar-refractivity contribution in [3.05, 3.63) is 46.0 Å². The van der Waals surface area contributed by atoms with Gasteiger partial charge < -0.3 is 14.6 Å². The summed E-state index contributed by atoms with van der Waals surface area (Å²) in [5.41, 5.74) is 1.58. The molecule has 1 heterocycles. The van der Waals surface area contributed by atoms with E-state index < -0.39 is 0 Å². The van der Waals surface area contributed by atoms with Gasteiger partial charge in [0, 0.05) is 18.1 Å². The number of aromatic nitrogens is 3. The van der Waals surface area contributed by atoms with Crippen LogP contribution in [0.25, 0.3) is 0 Å². The summed E-state index contributed by atoms with van der Waals surface area (Å²) in [6.07, 6.45) is 1.66. The summed E-state index contributed by atoms with van der Waals surface area (Å²) in [4.78, 5) is 11.4. The minimum Gasteiger partial charge on any atom is -0.465 e. The molecule has 0 radical (unpaired) electrons. The summed E-state index contributed by atoms with van der Waals surface area (Å²) in [5.74, 6) is 0.525. The number of halogens is 1. The Hall–Kier alpha value is -1.73. The van der Waals surface area contributed by atoms with Gasteiger partial charge in [0.05, 0.1) is 19.2 Å². The fourth-order valence-corrected chi connectivity index (χ4v) is 2.23. The Morgan fingerprint density at radius 1 is 1.45 bits per heavy atom. The second kappa shape index (κ2) is 6.62. The molecule has 2 aromatic rings. The first-order chi connectivity index (χ1) is 9.61. The first-order valence-corrected chi connectivity index (χ1v) is 6.81. The van der Waals surface area contributed by atoms with Gasteiger partial charge in [0.2, 0.25) is 0 Å². The summed E-state index contributed by atoms with van der Waals surface area (Å²) < 4.78 is 7.41. The minimum absolute atomic E-state index is 0.343. The van der Waals surface area contributed by atoms with Gasteiger partial charge in [0.15, 0.2) is 0 Å². The highest BCUT2D eigenvalue weighted by Gasteiger charge is 2.08. The van der Waals surface area contributed by atoms with Gasteiger partial charge in [-0.1, -0.05) is 22.0 Å². The molecule has 1 aromatic heterocycles. The van der Waals surface area contributed by atoms with E-state index in [4.69, 9.17) is 0 Å². The second-order valence-electron chi connectivity index (χ2n) is 4.26. The lowest BCUT2D eigenvalue weighted by Crippen LogP contribution is -2.16. The first-order valence-electron chi connectivity index (χ1n) is 6.02. The molecule has 0 unspecified atom stereocenters. The topological polar surface area (TPSA) is 69.0 Å². The molecule has 0 aliphatic heterocycles. The van der Waals surface area contributed by atoms with Crippen LogP contribution >= 0.6 is 15.9 Å². The van der Waals surface area contributed by atoms with Crippen LogP contribution in [0.2, 0.25) is 0 Å². The molecule has 0 saturated heterocycles. The molecule has 1 aromatic carbocycles. The van der Waals surface area contributed by atoms with Crippen molar-refractivity contribution in [2.24, 2.45) is 7.05 Å². The standard InChI is InChI=1S/C13H15BrN4O2/c1-18-8-16-17-12(18)7-15-6-10-4-3-9(5-11(10)14)13(19)20-2/h3-5,8,15H,6-7H2,1-2H3. The van der Waals surface area contributed by atoms with E-state index >= 15 is 0 Å². The summed E-state index contributed by atoms with van der Waals surface area (Å²) in [6, 6.07) is 5.39. The van der Waals surface area contributed by atoms with Gasteiger partial charge in [0.25, 0.3) is 0 Å². The Bertz CT molecular complexity index is 612. The molecule has 6 nitrogen and oxygen atoms in total. The SMILES string of the molecule is COC(=O)c1ccc(CNCc2nncn2C)c(Br)c1. The van der Waals surface area contributed by atoms with Crippen molar-refractivity contribution in [3.63, 3.8) is 0 Å². The molecule has 106 valence electrons. The zero-order valence-corrected chi connectivity index (χ0v) is 12.8. The van der Waals surface area contributed by atoms with E-state index in [9.17, 15) is 4.79 Å². The number of rotatable bonds is 5. The summed E-state index contributed by atoms with van der Waals surface area (Å²) in [5, 5.41) is 11.1. The van der Waals surface area contributed by atoms with E-state index in [-0.39, 0.29) is 5.97 Å². The van der Waals surface area contributed by atoms with Gasteiger partial charge in [-0.25, -0.2) is 4.79 Å².